The highest BCUT2D eigenvalue weighted by Gasteiger charge is 2.38. The average Bonchev–Trinajstić information content (AvgIpc) is 3.11. The van der Waals surface area contributed by atoms with Gasteiger partial charge in [0, 0.05) is 31.8 Å². The minimum Gasteiger partial charge on any atom is -0.493 e. The summed E-state index contributed by atoms with van der Waals surface area (Å²) in [5, 5.41) is 10.3. The first-order valence-corrected chi connectivity index (χ1v) is 17.1. The zero-order valence-corrected chi connectivity index (χ0v) is 29.8. The van der Waals surface area contributed by atoms with Crippen molar-refractivity contribution in [3.05, 3.63) is 75.9 Å². The highest BCUT2D eigenvalue weighted by atomic mass is 16.5. The van der Waals surface area contributed by atoms with Crippen molar-refractivity contribution in [1.82, 2.24) is 14.7 Å². The third-order valence-electron chi connectivity index (χ3n) is 9.22. The molecule has 1 unspecified atom stereocenters. The maximum Gasteiger partial charge on any atom is 0.205 e. The third-order valence-corrected chi connectivity index (χ3v) is 9.22. The van der Waals surface area contributed by atoms with Crippen LogP contribution >= 0.6 is 0 Å². The monoisotopic (exact) mass is 659 g/mol. The Morgan fingerprint density at radius 3 is 1.98 bits per heavy atom. The van der Waals surface area contributed by atoms with Crippen LogP contribution in [-0.4, -0.2) is 101 Å². The summed E-state index contributed by atoms with van der Waals surface area (Å²) in [6, 6.07) is 14.2. The highest BCUT2D eigenvalue weighted by Crippen LogP contribution is 2.45. The van der Waals surface area contributed by atoms with Crippen molar-refractivity contribution >= 4 is 6.08 Å². The number of rotatable bonds is 17. The minimum absolute atomic E-state index is 0.116. The van der Waals surface area contributed by atoms with Crippen molar-refractivity contribution in [2.45, 2.75) is 40.5 Å². The first-order chi connectivity index (χ1) is 23.3. The molecular formula is C38H53N5O5. The lowest BCUT2D eigenvalue weighted by molar-refractivity contribution is 0.217. The summed E-state index contributed by atoms with van der Waals surface area (Å²) >= 11 is 0. The van der Waals surface area contributed by atoms with Crippen LogP contribution in [0.3, 0.4) is 0 Å². The van der Waals surface area contributed by atoms with E-state index in [1.165, 1.54) is 0 Å². The summed E-state index contributed by atoms with van der Waals surface area (Å²) < 4.78 is 30.0. The van der Waals surface area contributed by atoms with Crippen LogP contribution in [0, 0.1) is 11.3 Å². The number of nitriles is 1. The maximum atomic E-state index is 10.3. The quantitative estimate of drug-likeness (QED) is 0.230. The molecule has 0 radical (unpaired) electrons. The molecule has 4 rings (SSSR count). The van der Waals surface area contributed by atoms with Crippen LogP contribution in [-0.2, 0) is 4.74 Å². The summed E-state index contributed by atoms with van der Waals surface area (Å²) in [6.07, 6.45) is 2.11. The van der Waals surface area contributed by atoms with Crippen molar-refractivity contribution in [3.8, 4) is 29.1 Å². The molecule has 2 aliphatic rings. The number of ether oxygens (including phenoxy) is 5. The van der Waals surface area contributed by atoms with Crippen LogP contribution < -0.4 is 24.7 Å². The lowest BCUT2D eigenvalue weighted by Gasteiger charge is -2.38. The number of likely N-dealkylation sites (N-methyl/N-ethyl adjacent to an activating group) is 3. The number of allylic oxidation sites excluding steroid dienone is 1. The summed E-state index contributed by atoms with van der Waals surface area (Å²) in [5.74, 6) is 3.08. The molecule has 0 bridgehead atoms. The lowest BCUT2D eigenvalue weighted by Crippen LogP contribution is -2.38. The minimum atomic E-state index is -0.397. The molecule has 48 heavy (non-hydrogen) atoms. The van der Waals surface area contributed by atoms with Gasteiger partial charge in [-0.3, -0.25) is 4.90 Å². The van der Waals surface area contributed by atoms with E-state index in [9.17, 15) is 5.26 Å². The van der Waals surface area contributed by atoms with Crippen LogP contribution in [0.4, 0.5) is 0 Å². The van der Waals surface area contributed by atoms with E-state index in [0.29, 0.717) is 60.6 Å². The van der Waals surface area contributed by atoms with Gasteiger partial charge in [0.15, 0.2) is 23.0 Å². The standard InChI is InChI=1S/C38H53N5O5/c1-8-41(9-2)17-19-46-32-15-13-27(22-34(32)44-6)21-29-25-43(12-5)26-31-36(30(24-39)38(40)48-37(29)31)28-14-16-33(35(23-28)45-7)47-20-18-42(10-3)11-4/h13-16,21-23,36H,8-12,17-20,25-26,40H2,1-7H3/b29-21+. The van der Waals surface area contributed by atoms with Crippen LogP contribution in [0.25, 0.3) is 6.08 Å². The zero-order valence-electron chi connectivity index (χ0n) is 29.8. The van der Waals surface area contributed by atoms with Gasteiger partial charge in [-0.1, -0.05) is 46.8 Å². The number of nitrogens with two attached hydrogens (primary N) is 1. The summed E-state index contributed by atoms with van der Waals surface area (Å²) in [4.78, 5) is 6.96. The summed E-state index contributed by atoms with van der Waals surface area (Å²) in [5.41, 5.74) is 10.7. The zero-order chi connectivity index (χ0) is 34.6. The fraction of sp³-hybridized carbons (Fsp3) is 0.500. The molecule has 260 valence electrons. The Labute approximate surface area is 286 Å². The first kappa shape index (κ1) is 36.7. The molecule has 0 saturated carbocycles. The maximum absolute atomic E-state index is 10.3. The fourth-order valence-corrected chi connectivity index (χ4v) is 6.27. The number of benzene rings is 2. The van der Waals surface area contributed by atoms with Crippen molar-refractivity contribution < 1.29 is 23.7 Å². The molecule has 10 nitrogen and oxygen atoms in total. The fourth-order valence-electron chi connectivity index (χ4n) is 6.27. The van der Waals surface area contributed by atoms with Gasteiger partial charge in [0.1, 0.15) is 30.6 Å². The van der Waals surface area contributed by atoms with E-state index in [1.807, 2.05) is 36.4 Å². The molecule has 2 aromatic carbocycles. The molecule has 10 heteroatoms. The van der Waals surface area contributed by atoms with E-state index >= 15 is 0 Å². The van der Waals surface area contributed by atoms with Gasteiger partial charge in [0.2, 0.25) is 5.88 Å². The molecule has 0 aromatic heterocycles. The Morgan fingerprint density at radius 1 is 0.854 bits per heavy atom. The van der Waals surface area contributed by atoms with Gasteiger partial charge in [0.25, 0.3) is 0 Å². The van der Waals surface area contributed by atoms with Gasteiger partial charge in [-0.05, 0) is 79.8 Å². The topological polar surface area (TPSA) is 106 Å². The number of nitrogens with zero attached hydrogens (tertiary/aromatic N) is 4. The molecule has 0 fully saturated rings. The Kier molecular flexibility index (Phi) is 13.6. The van der Waals surface area contributed by atoms with E-state index in [1.54, 1.807) is 14.2 Å². The molecule has 0 amide bonds. The second-order valence-electron chi connectivity index (χ2n) is 11.8. The van der Waals surface area contributed by atoms with Crippen molar-refractivity contribution in [3.63, 3.8) is 0 Å². The van der Waals surface area contributed by atoms with Crippen molar-refractivity contribution in [2.24, 2.45) is 5.73 Å². The largest absolute Gasteiger partial charge is 0.493 e. The SMILES string of the molecule is CCN(CC)CCOc1ccc(/C=C2\CN(CC)CC3=C2OC(N)=C(C#N)C3c2ccc(OCCN(CC)CC)c(OC)c2)cc1OC. The predicted octanol–water partition coefficient (Wildman–Crippen LogP) is 5.63. The van der Waals surface area contributed by atoms with Crippen molar-refractivity contribution in [1.29, 1.82) is 5.26 Å². The molecule has 2 heterocycles. The van der Waals surface area contributed by atoms with Crippen LogP contribution in [0.2, 0.25) is 0 Å². The molecule has 1 atom stereocenters. The summed E-state index contributed by atoms with van der Waals surface area (Å²) in [7, 11) is 3.29. The van der Waals surface area contributed by atoms with Gasteiger partial charge in [0.05, 0.1) is 20.1 Å². The van der Waals surface area contributed by atoms with Crippen LogP contribution in [0.1, 0.15) is 51.7 Å². The Hall–Kier alpha value is -4.17. The van der Waals surface area contributed by atoms with Crippen molar-refractivity contribution in [2.75, 3.05) is 86.3 Å². The van der Waals surface area contributed by atoms with E-state index in [4.69, 9.17) is 29.4 Å². The van der Waals surface area contributed by atoms with Gasteiger partial charge < -0.3 is 39.2 Å². The van der Waals surface area contributed by atoms with Gasteiger partial charge in [-0.25, -0.2) is 0 Å². The molecule has 2 aliphatic heterocycles. The normalized spacial score (nSPS) is 17.4. The Balaban J connectivity index is 1.68. The smallest absolute Gasteiger partial charge is 0.205 e. The lowest BCUT2D eigenvalue weighted by atomic mass is 9.80. The van der Waals surface area contributed by atoms with Gasteiger partial charge in [-0.2, -0.15) is 5.26 Å². The van der Waals surface area contributed by atoms with Gasteiger partial charge in [-0.15, -0.1) is 0 Å². The van der Waals surface area contributed by atoms with E-state index in [0.717, 1.165) is 68.1 Å². The Bertz CT molecular complexity index is 1520. The van der Waals surface area contributed by atoms with E-state index in [-0.39, 0.29) is 5.88 Å². The third kappa shape index (κ3) is 8.64. The Morgan fingerprint density at radius 2 is 1.44 bits per heavy atom. The summed E-state index contributed by atoms with van der Waals surface area (Å²) in [6.45, 7) is 19.6. The van der Waals surface area contributed by atoms with Crippen LogP contribution in [0.15, 0.2) is 64.8 Å². The second kappa shape index (κ2) is 17.8. The van der Waals surface area contributed by atoms with E-state index in [2.05, 4.69) is 61.5 Å². The molecule has 2 aromatic rings. The molecule has 2 N–H and O–H groups in total. The van der Waals surface area contributed by atoms with Crippen LogP contribution in [0.5, 0.6) is 23.0 Å². The second-order valence-corrected chi connectivity index (χ2v) is 11.8. The predicted molar refractivity (Wildman–Crippen MR) is 190 cm³/mol. The molecule has 0 saturated heterocycles. The molecular weight excluding hydrogens is 606 g/mol. The highest BCUT2D eigenvalue weighted by molar-refractivity contribution is 5.65. The molecule has 0 aliphatic carbocycles. The number of hydrogen-bond donors (Lipinski definition) is 1. The average molecular weight is 660 g/mol. The number of hydrogen-bond acceptors (Lipinski definition) is 10. The first-order valence-electron chi connectivity index (χ1n) is 17.1. The number of methoxy groups -OCH3 is 2. The molecule has 0 spiro atoms. The van der Waals surface area contributed by atoms with E-state index < -0.39 is 5.92 Å². The van der Waals surface area contributed by atoms with Gasteiger partial charge >= 0.3 is 0 Å².